The second kappa shape index (κ2) is 7.04. The summed E-state index contributed by atoms with van der Waals surface area (Å²) in [6.45, 7) is 3.33. The molecule has 2 fully saturated rings. The predicted molar refractivity (Wildman–Crippen MR) is 78.7 cm³/mol. The molecule has 1 N–H and O–H groups in total. The van der Waals surface area contributed by atoms with E-state index < -0.39 is 10.0 Å². The van der Waals surface area contributed by atoms with Crippen LogP contribution in [0.15, 0.2) is 0 Å². The molecule has 1 aliphatic heterocycles. The SMILES string of the molecule is CCCS(=O)(=O)N1CCC(NC2CCCCC2)CC1. The highest BCUT2D eigenvalue weighted by molar-refractivity contribution is 7.89. The highest BCUT2D eigenvalue weighted by Crippen LogP contribution is 2.21. The molecule has 0 atom stereocenters. The first kappa shape index (κ1) is 15.3. The van der Waals surface area contributed by atoms with E-state index in [0.29, 0.717) is 37.3 Å². The second-order valence-electron chi connectivity index (χ2n) is 5.99. The van der Waals surface area contributed by atoms with Crippen molar-refractivity contribution < 1.29 is 8.42 Å². The first-order valence-electron chi connectivity index (χ1n) is 7.85. The van der Waals surface area contributed by atoms with E-state index in [0.717, 1.165) is 12.8 Å². The van der Waals surface area contributed by atoms with Gasteiger partial charge in [-0.3, -0.25) is 0 Å². The Hall–Kier alpha value is -0.130. The first-order valence-corrected chi connectivity index (χ1v) is 9.46. The van der Waals surface area contributed by atoms with Crippen molar-refractivity contribution in [1.82, 2.24) is 9.62 Å². The molecule has 1 aliphatic carbocycles. The van der Waals surface area contributed by atoms with Gasteiger partial charge < -0.3 is 5.32 Å². The van der Waals surface area contributed by atoms with Crippen LogP contribution >= 0.6 is 0 Å². The lowest BCUT2D eigenvalue weighted by molar-refractivity contribution is 0.252. The van der Waals surface area contributed by atoms with Gasteiger partial charge in [-0.25, -0.2) is 12.7 Å². The molecule has 1 saturated heterocycles. The fraction of sp³-hybridized carbons (Fsp3) is 1.00. The Bertz CT molecular complexity index is 356. The van der Waals surface area contributed by atoms with Crippen LogP contribution in [0.2, 0.25) is 0 Å². The molecule has 0 unspecified atom stereocenters. The van der Waals surface area contributed by atoms with Crippen LogP contribution in [0.25, 0.3) is 0 Å². The van der Waals surface area contributed by atoms with Crippen molar-refractivity contribution in [2.75, 3.05) is 18.8 Å². The Morgan fingerprint density at radius 3 is 2.16 bits per heavy atom. The predicted octanol–water partition coefficient (Wildman–Crippen LogP) is 2.11. The number of rotatable bonds is 5. The lowest BCUT2D eigenvalue weighted by Gasteiger charge is -2.35. The molecule has 0 amide bonds. The van der Waals surface area contributed by atoms with Crippen LogP contribution in [0.1, 0.15) is 58.3 Å². The molecule has 4 nitrogen and oxygen atoms in total. The second-order valence-corrected chi connectivity index (χ2v) is 8.08. The van der Waals surface area contributed by atoms with E-state index in [-0.39, 0.29) is 0 Å². The Labute approximate surface area is 118 Å². The topological polar surface area (TPSA) is 49.4 Å². The summed E-state index contributed by atoms with van der Waals surface area (Å²) in [6.07, 6.45) is 9.33. The van der Waals surface area contributed by atoms with Crippen molar-refractivity contribution in [1.29, 1.82) is 0 Å². The van der Waals surface area contributed by atoms with Crippen molar-refractivity contribution in [3.63, 3.8) is 0 Å². The zero-order valence-corrected chi connectivity index (χ0v) is 12.9. The average Bonchev–Trinajstić information content (AvgIpc) is 2.40. The maximum absolute atomic E-state index is 12.0. The molecule has 1 heterocycles. The highest BCUT2D eigenvalue weighted by atomic mass is 32.2. The fourth-order valence-electron chi connectivity index (χ4n) is 3.29. The summed E-state index contributed by atoms with van der Waals surface area (Å²) in [6, 6.07) is 1.20. The number of piperidine rings is 1. The van der Waals surface area contributed by atoms with Gasteiger partial charge in [0.1, 0.15) is 0 Å². The van der Waals surface area contributed by atoms with Gasteiger partial charge in [0.2, 0.25) is 10.0 Å². The molecule has 2 aliphatic rings. The minimum atomic E-state index is -2.98. The van der Waals surface area contributed by atoms with Gasteiger partial charge in [-0.05, 0) is 32.1 Å². The zero-order valence-electron chi connectivity index (χ0n) is 12.1. The van der Waals surface area contributed by atoms with Crippen LogP contribution in [-0.2, 0) is 10.0 Å². The van der Waals surface area contributed by atoms with E-state index >= 15 is 0 Å². The monoisotopic (exact) mass is 288 g/mol. The molecule has 5 heteroatoms. The number of sulfonamides is 1. The third-order valence-electron chi connectivity index (χ3n) is 4.39. The molecular weight excluding hydrogens is 260 g/mol. The summed E-state index contributed by atoms with van der Waals surface area (Å²) in [5.74, 6) is 0.299. The van der Waals surface area contributed by atoms with Crippen LogP contribution in [0.3, 0.4) is 0 Å². The minimum absolute atomic E-state index is 0.299. The normalized spacial score (nSPS) is 24.7. The Kier molecular flexibility index (Phi) is 5.66. The van der Waals surface area contributed by atoms with Gasteiger partial charge >= 0.3 is 0 Å². The van der Waals surface area contributed by atoms with Gasteiger partial charge in [-0.15, -0.1) is 0 Å². The number of nitrogens with zero attached hydrogens (tertiary/aromatic N) is 1. The largest absolute Gasteiger partial charge is 0.311 e. The first-order chi connectivity index (χ1) is 9.12. The molecule has 0 aromatic carbocycles. The fourth-order valence-corrected chi connectivity index (χ4v) is 4.83. The van der Waals surface area contributed by atoms with Crippen LogP contribution < -0.4 is 5.32 Å². The third kappa shape index (κ3) is 4.43. The van der Waals surface area contributed by atoms with E-state index in [1.54, 1.807) is 4.31 Å². The summed E-state index contributed by atoms with van der Waals surface area (Å²) in [4.78, 5) is 0. The lowest BCUT2D eigenvalue weighted by Crippen LogP contribution is -2.48. The summed E-state index contributed by atoms with van der Waals surface area (Å²) in [5, 5.41) is 3.74. The summed E-state index contributed by atoms with van der Waals surface area (Å²) < 4.78 is 25.7. The van der Waals surface area contributed by atoms with E-state index in [4.69, 9.17) is 0 Å². The Balaban J connectivity index is 1.75. The molecular formula is C14H28N2O2S. The van der Waals surface area contributed by atoms with Gasteiger partial charge in [0.15, 0.2) is 0 Å². The molecule has 0 aromatic rings. The Morgan fingerprint density at radius 2 is 1.58 bits per heavy atom. The number of hydrogen-bond donors (Lipinski definition) is 1. The molecule has 1 saturated carbocycles. The van der Waals surface area contributed by atoms with E-state index in [1.807, 2.05) is 6.92 Å². The molecule has 0 aromatic heterocycles. The lowest BCUT2D eigenvalue weighted by atomic mass is 9.94. The van der Waals surface area contributed by atoms with Crippen LogP contribution in [0.5, 0.6) is 0 Å². The maximum Gasteiger partial charge on any atom is 0.214 e. The van der Waals surface area contributed by atoms with Gasteiger partial charge in [0, 0.05) is 25.2 Å². The van der Waals surface area contributed by atoms with Crippen molar-refractivity contribution in [3.8, 4) is 0 Å². The maximum atomic E-state index is 12.0. The molecule has 0 spiro atoms. The van der Waals surface area contributed by atoms with E-state index in [2.05, 4.69) is 5.32 Å². The van der Waals surface area contributed by atoms with Gasteiger partial charge in [0.05, 0.1) is 5.75 Å². The van der Waals surface area contributed by atoms with Crippen molar-refractivity contribution in [2.24, 2.45) is 0 Å². The smallest absolute Gasteiger partial charge is 0.214 e. The molecule has 0 bridgehead atoms. The van der Waals surface area contributed by atoms with Gasteiger partial charge in [-0.1, -0.05) is 26.2 Å². The Morgan fingerprint density at radius 1 is 1.00 bits per heavy atom. The quantitative estimate of drug-likeness (QED) is 0.843. The van der Waals surface area contributed by atoms with Crippen LogP contribution in [0.4, 0.5) is 0 Å². The van der Waals surface area contributed by atoms with Crippen LogP contribution in [0, 0.1) is 0 Å². The van der Waals surface area contributed by atoms with Gasteiger partial charge in [-0.2, -0.15) is 0 Å². The summed E-state index contributed by atoms with van der Waals surface area (Å²) in [5.41, 5.74) is 0. The van der Waals surface area contributed by atoms with Crippen molar-refractivity contribution >= 4 is 10.0 Å². The average molecular weight is 288 g/mol. The van der Waals surface area contributed by atoms with E-state index in [9.17, 15) is 8.42 Å². The molecule has 2 rings (SSSR count). The van der Waals surface area contributed by atoms with Crippen molar-refractivity contribution in [2.45, 2.75) is 70.4 Å². The molecule has 0 radical (unpaired) electrons. The van der Waals surface area contributed by atoms with Gasteiger partial charge in [0.25, 0.3) is 0 Å². The third-order valence-corrected chi connectivity index (χ3v) is 6.46. The van der Waals surface area contributed by atoms with E-state index in [1.165, 1.54) is 32.1 Å². The number of nitrogens with one attached hydrogen (secondary N) is 1. The minimum Gasteiger partial charge on any atom is -0.311 e. The number of hydrogen-bond acceptors (Lipinski definition) is 3. The molecule has 19 heavy (non-hydrogen) atoms. The highest BCUT2D eigenvalue weighted by Gasteiger charge is 2.28. The summed E-state index contributed by atoms with van der Waals surface area (Å²) >= 11 is 0. The zero-order chi connectivity index (χ0) is 13.7. The molecule has 112 valence electrons. The van der Waals surface area contributed by atoms with Crippen LogP contribution in [-0.4, -0.2) is 43.6 Å². The van der Waals surface area contributed by atoms with Crippen molar-refractivity contribution in [3.05, 3.63) is 0 Å². The standard InChI is InChI=1S/C14H28N2O2S/c1-2-12-19(17,18)16-10-8-14(9-11-16)15-13-6-4-3-5-7-13/h13-15H,2-12H2,1H3. The summed E-state index contributed by atoms with van der Waals surface area (Å²) in [7, 11) is -2.98.